The molecule has 1 amide bonds. The average Bonchev–Trinajstić information content (AvgIpc) is 2.87. The number of nitrogens with one attached hydrogen (secondary N) is 2. The minimum atomic E-state index is -0.501. The van der Waals surface area contributed by atoms with Crippen molar-refractivity contribution < 1.29 is 9.53 Å². The van der Waals surface area contributed by atoms with Crippen LogP contribution in [0.3, 0.4) is 0 Å². The number of anilines is 2. The van der Waals surface area contributed by atoms with E-state index in [1.807, 2.05) is 45.0 Å². The summed E-state index contributed by atoms with van der Waals surface area (Å²) in [5.74, 6) is 0. The molecule has 0 aliphatic rings. The third-order valence-electron chi connectivity index (χ3n) is 2.58. The van der Waals surface area contributed by atoms with Crippen molar-refractivity contribution in [2.45, 2.75) is 32.9 Å². The quantitative estimate of drug-likeness (QED) is 0.860. The Morgan fingerprint density at radius 1 is 1.24 bits per heavy atom. The van der Waals surface area contributed by atoms with Crippen LogP contribution in [0.5, 0.6) is 0 Å². The molecule has 0 saturated heterocycles. The zero-order valence-corrected chi connectivity index (χ0v) is 13.3. The van der Waals surface area contributed by atoms with E-state index in [4.69, 9.17) is 4.74 Å². The van der Waals surface area contributed by atoms with Crippen molar-refractivity contribution in [3.05, 3.63) is 46.7 Å². The molecule has 2 N–H and O–H groups in total. The van der Waals surface area contributed by atoms with E-state index in [9.17, 15) is 4.79 Å². The molecule has 2 rings (SSSR count). The number of amides is 1. The Hall–Kier alpha value is -2.01. The van der Waals surface area contributed by atoms with Crippen molar-refractivity contribution in [1.29, 1.82) is 0 Å². The van der Waals surface area contributed by atoms with Gasteiger partial charge in [0.2, 0.25) is 0 Å². The van der Waals surface area contributed by atoms with E-state index in [1.165, 1.54) is 5.56 Å². The molecule has 0 radical (unpaired) electrons. The van der Waals surface area contributed by atoms with Gasteiger partial charge in [-0.1, -0.05) is 6.07 Å². The van der Waals surface area contributed by atoms with Crippen LogP contribution in [0.4, 0.5) is 16.2 Å². The van der Waals surface area contributed by atoms with Crippen LogP contribution in [0, 0.1) is 0 Å². The number of ether oxygens (including phenoxy) is 1. The Morgan fingerprint density at radius 2 is 2.00 bits per heavy atom. The van der Waals surface area contributed by atoms with Crippen molar-refractivity contribution in [1.82, 2.24) is 0 Å². The molecule has 0 bridgehead atoms. The summed E-state index contributed by atoms with van der Waals surface area (Å²) in [6.07, 6.45) is -0.447. The highest BCUT2D eigenvalue weighted by atomic mass is 32.1. The lowest BCUT2D eigenvalue weighted by Gasteiger charge is -2.19. The van der Waals surface area contributed by atoms with Crippen LogP contribution in [0.1, 0.15) is 26.3 Å². The second-order valence-corrected chi connectivity index (χ2v) is 6.47. The average molecular weight is 304 g/mol. The predicted molar refractivity (Wildman–Crippen MR) is 87.9 cm³/mol. The fourth-order valence-electron chi connectivity index (χ4n) is 1.73. The van der Waals surface area contributed by atoms with Gasteiger partial charge in [0.15, 0.2) is 0 Å². The number of benzene rings is 1. The molecule has 0 aliphatic heterocycles. The van der Waals surface area contributed by atoms with E-state index in [-0.39, 0.29) is 0 Å². The number of carbonyl (C=O) groups excluding carboxylic acids is 1. The molecule has 0 fully saturated rings. The summed E-state index contributed by atoms with van der Waals surface area (Å²) in [7, 11) is 0. The summed E-state index contributed by atoms with van der Waals surface area (Å²) in [6.45, 7) is 6.28. The molecule has 0 aliphatic carbocycles. The van der Waals surface area contributed by atoms with Gasteiger partial charge in [0, 0.05) is 17.9 Å². The summed E-state index contributed by atoms with van der Waals surface area (Å²) in [5, 5.41) is 10.2. The van der Waals surface area contributed by atoms with Crippen molar-refractivity contribution in [3.8, 4) is 0 Å². The monoisotopic (exact) mass is 304 g/mol. The maximum absolute atomic E-state index is 11.7. The maximum atomic E-state index is 11.7. The number of rotatable bonds is 4. The Bertz CT molecular complexity index is 589. The zero-order chi connectivity index (χ0) is 15.3. The summed E-state index contributed by atoms with van der Waals surface area (Å²) >= 11 is 1.68. The standard InChI is InChI=1S/C16H20N2O2S/c1-16(2,3)20-15(19)18-14-6-4-5-13(9-14)17-10-12-7-8-21-11-12/h4-9,11,17H,10H2,1-3H3,(H,18,19). The van der Waals surface area contributed by atoms with Gasteiger partial charge in [0.05, 0.1) is 0 Å². The van der Waals surface area contributed by atoms with Gasteiger partial charge in [0.25, 0.3) is 0 Å². The first kappa shape index (κ1) is 15.4. The van der Waals surface area contributed by atoms with E-state index in [2.05, 4.69) is 27.5 Å². The summed E-state index contributed by atoms with van der Waals surface area (Å²) < 4.78 is 5.23. The first-order valence-corrected chi connectivity index (χ1v) is 7.72. The molecule has 0 spiro atoms. The van der Waals surface area contributed by atoms with E-state index >= 15 is 0 Å². The van der Waals surface area contributed by atoms with E-state index in [0.29, 0.717) is 5.69 Å². The van der Waals surface area contributed by atoms with Gasteiger partial charge in [-0.05, 0) is 61.4 Å². The van der Waals surface area contributed by atoms with Crippen molar-refractivity contribution >= 4 is 28.8 Å². The van der Waals surface area contributed by atoms with E-state index < -0.39 is 11.7 Å². The van der Waals surface area contributed by atoms with Gasteiger partial charge in [0.1, 0.15) is 5.60 Å². The van der Waals surface area contributed by atoms with Crippen LogP contribution in [0.2, 0.25) is 0 Å². The Kier molecular flexibility index (Phi) is 4.85. The number of hydrogen-bond donors (Lipinski definition) is 2. The Labute approximate surface area is 129 Å². The summed E-state index contributed by atoms with van der Waals surface area (Å²) in [4.78, 5) is 11.7. The normalized spacial score (nSPS) is 11.0. The van der Waals surface area contributed by atoms with Crippen molar-refractivity contribution in [2.75, 3.05) is 10.6 Å². The molecule has 0 saturated carbocycles. The van der Waals surface area contributed by atoms with E-state index in [0.717, 1.165) is 12.2 Å². The third-order valence-corrected chi connectivity index (χ3v) is 3.32. The second kappa shape index (κ2) is 6.63. The molecule has 1 aromatic heterocycles. The lowest BCUT2D eigenvalue weighted by atomic mass is 10.2. The highest BCUT2D eigenvalue weighted by Crippen LogP contribution is 2.18. The molecular weight excluding hydrogens is 284 g/mol. The summed E-state index contributed by atoms with van der Waals surface area (Å²) in [6, 6.07) is 9.66. The number of thiophene rings is 1. The highest BCUT2D eigenvalue weighted by molar-refractivity contribution is 7.07. The van der Waals surface area contributed by atoms with Crippen LogP contribution in [-0.4, -0.2) is 11.7 Å². The smallest absolute Gasteiger partial charge is 0.412 e. The number of carbonyl (C=O) groups is 1. The minimum absolute atomic E-state index is 0.447. The van der Waals surface area contributed by atoms with Crippen molar-refractivity contribution in [2.24, 2.45) is 0 Å². The van der Waals surface area contributed by atoms with Crippen LogP contribution in [0.15, 0.2) is 41.1 Å². The highest BCUT2D eigenvalue weighted by Gasteiger charge is 2.16. The molecule has 0 unspecified atom stereocenters. The Balaban J connectivity index is 1.92. The molecule has 1 heterocycles. The minimum Gasteiger partial charge on any atom is -0.444 e. The number of hydrogen-bond acceptors (Lipinski definition) is 4. The van der Waals surface area contributed by atoms with Crippen LogP contribution in [0.25, 0.3) is 0 Å². The zero-order valence-electron chi connectivity index (χ0n) is 12.5. The van der Waals surface area contributed by atoms with Gasteiger partial charge < -0.3 is 10.1 Å². The lowest BCUT2D eigenvalue weighted by molar-refractivity contribution is 0.0636. The molecule has 0 atom stereocenters. The molecule has 4 nitrogen and oxygen atoms in total. The molecule has 1 aromatic carbocycles. The molecule has 2 aromatic rings. The van der Waals surface area contributed by atoms with Gasteiger partial charge in [-0.15, -0.1) is 0 Å². The van der Waals surface area contributed by atoms with Crippen molar-refractivity contribution in [3.63, 3.8) is 0 Å². The molecule has 21 heavy (non-hydrogen) atoms. The predicted octanol–water partition coefficient (Wildman–Crippen LogP) is 4.71. The molecular formula is C16H20N2O2S. The second-order valence-electron chi connectivity index (χ2n) is 5.69. The molecule has 5 heteroatoms. The maximum Gasteiger partial charge on any atom is 0.412 e. The van der Waals surface area contributed by atoms with Crippen LogP contribution >= 0.6 is 11.3 Å². The molecule has 112 valence electrons. The first-order chi connectivity index (χ1) is 9.92. The van der Waals surface area contributed by atoms with Gasteiger partial charge >= 0.3 is 6.09 Å². The van der Waals surface area contributed by atoms with Crippen LogP contribution in [-0.2, 0) is 11.3 Å². The lowest BCUT2D eigenvalue weighted by Crippen LogP contribution is -2.27. The SMILES string of the molecule is CC(C)(C)OC(=O)Nc1cccc(NCc2ccsc2)c1. The first-order valence-electron chi connectivity index (χ1n) is 6.77. The fourth-order valence-corrected chi connectivity index (χ4v) is 2.39. The fraction of sp³-hybridized carbons (Fsp3) is 0.312. The van der Waals surface area contributed by atoms with Gasteiger partial charge in [-0.3, -0.25) is 5.32 Å². The third kappa shape index (κ3) is 5.47. The van der Waals surface area contributed by atoms with Crippen LogP contribution < -0.4 is 10.6 Å². The largest absolute Gasteiger partial charge is 0.444 e. The van der Waals surface area contributed by atoms with Gasteiger partial charge in [-0.25, -0.2) is 4.79 Å². The van der Waals surface area contributed by atoms with Gasteiger partial charge in [-0.2, -0.15) is 11.3 Å². The van der Waals surface area contributed by atoms with E-state index in [1.54, 1.807) is 11.3 Å². The Morgan fingerprint density at radius 3 is 2.67 bits per heavy atom. The topological polar surface area (TPSA) is 50.4 Å². The summed E-state index contributed by atoms with van der Waals surface area (Å²) in [5.41, 5.74) is 2.40.